The van der Waals surface area contributed by atoms with E-state index in [0.717, 1.165) is 5.56 Å². The van der Waals surface area contributed by atoms with Crippen LogP contribution in [-0.2, 0) is 17.9 Å². The molecule has 0 unspecified atom stereocenters. The Labute approximate surface area is 168 Å². The molecule has 150 valence electrons. The van der Waals surface area contributed by atoms with Crippen LogP contribution in [0.15, 0.2) is 42.5 Å². The summed E-state index contributed by atoms with van der Waals surface area (Å²) in [5, 5.41) is 6.73. The Morgan fingerprint density at radius 1 is 1.21 bits per heavy atom. The molecule has 3 rings (SSSR count). The highest BCUT2D eigenvalue weighted by atomic mass is 35.5. The Hall–Kier alpha value is -2.02. The van der Waals surface area contributed by atoms with Gasteiger partial charge in [-0.3, -0.25) is 9.69 Å². The fraction of sp³-hybridized carbons (Fsp3) is 0.381. The largest absolute Gasteiger partial charge is 0.355 e. The number of halogens is 3. The van der Waals surface area contributed by atoms with E-state index in [9.17, 15) is 13.6 Å². The Morgan fingerprint density at radius 3 is 2.61 bits per heavy atom. The predicted molar refractivity (Wildman–Crippen MR) is 106 cm³/mol. The molecule has 2 aromatic carbocycles. The first-order chi connectivity index (χ1) is 13.5. The molecule has 2 N–H and O–H groups in total. The maximum Gasteiger partial charge on any atom is 0.237 e. The standard InChI is InChI=1S/C21H24ClF2N3O/c1-2-25-21(28)20-10-16(26-11-17-18(23)7-4-8-19(17)24)13-27(20)12-14-5-3-6-15(22)9-14/h3-9,16,20,26H,2,10-13H2,1H3,(H,25,28)/t16-,20-/m0/s1. The number of amides is 1. The summed E-state index contributed by atoms with van der Waals surface area (Å²) in [6, 6.07) is 11.0. The Morgan fingerprint density at radius 2 is 1.93 bits per heavy atom. The van der Waals surface area contributed by atoms with Crippen molar-refractivity contribution in [1.82, 2.24) is 15.5 Å². The normalized spacial score (nSPS) is 19.7. The third kappa shape index (κ3) is 5.07. The van der Waals surface area contributed by atoms with E-state index in [4.69, 9.17) is 11.6 Å². The van der Waals surface area contributed by atoms with E-state index in [1.807, 2.05) is 31.2 Å². The Kier molecular flexibility index (Phi) is 6.99. The lowest BCUT2D eigenvalue weighted by Crippen LogP contribution is -2.42. The minimum atomic E-state index is -0.568. The topological polar surface area (TPSA) is 44.4 Å². The molecule has 0 saturated carbocycles. The summed E-state index contributed by atoms with van der Waals surface area (Å²) in [7, 11) is 0. The van der Waals surface area contributed by atoms with E-state index < -0.39 is 11.6 Å². The Balaban J connectivity index is 1.69. The van der Waals surface area contributed by atoms with Gasteiger partial charge in [-0.2, -0.15) is 0 Å². The number of benzene rings is 2. The minimum Gasteiger partial charge on any atom is -0.355 e. The third-order valence-electron chi connectivity index (χ3n) is 4.96. The van der Waals surface area contributed by atoms with Gasteiger partial charge in [-0.25, -0.2) is 8.78 Å². The van der Waals surface area contributed by atoms with Crippen LogP contribution in [0, 0.1) is 11.6 Å². The highest BCUT2D eigenvalue weighted by Gasteiger charge is 2.36. The summed E-state index contributed by atoms with van der Waals surface area (Å²) < 4.78 is 27.7. The molecular weight excluding hydrogens is 384 g/mol. The van der Waals surface area contributed by atoms with Gasteiger partial charge in [0, 0.05) is 42.8 Å². The molecule has 1 fully saturated rings. The van der Waals surface area contributed by atoms with Crippen molar-refractivity contribution < 1.29 is 13.6 Å². The quantitative estimate of drug-likeness (QED) is 0.738. The first-order valence-electron chi connectivity index (χ1n) is 9.40. The second kappa shape index (κ2) is 9.45. The fourth-order valence-electron chi connectivity index (χ4n) is 3.61. The van der Waals surface area contributed by atoms with E-state index in [0.29, 0.717) is 31.1 Å². The molecule has 1 heterocycles. The smallest absolute Gasteiger partial charge is 0.237 e. The molecule has 0 aliphatic carbocycles. The van der Waals surface area contributed by atoms with Crippen molar-refractivity contribution in [2.75, 3.05) is 13.1 Å². The lowest BCUT2D eigenvalue weighted by molar-refractivity contribution is -0.125. The van der Waals surface area contributed by atoms with Crippen LogP contribution in [0.3, 0.4) is 0 Å². The molecule has 4 nitrogen and oxygen atoms in total. The summed E-state index contributed by atoms with van der Waals surface area (Å²) in [4.78, 5) is 14.6. The first kappa shape index (κ1) is 20.7. The zero-order chi connectivity index (χ0) is 20.1. The second-order valence-electron chi connectivity index (χ2n) is 6.98. The van der Waals surface area contributed by atoms with Crippen LogP contribution in [0.4, 0.5) is 8.78 Å². The van der Waals surface area contributed by atoms with Gasteiger partial charge >= 0.3 is 0 Å². The van der Waals surface area contributed by atoms with Gasteiger partial charge in [-0.15, -0.1) is 0 Å². The monoisotopic (exact) mass is 407 g/mol. The van der Waals surface area contributed by atoms with Crippen molar-refractivity contribution in [3.8, 4) is 0 Å². The van der Waals surface area contributed by atoms with Gasteiger partial charge in [0.05, 0.1) is 6.04 Å². The molecule has 2 atom stereocenters. The van der Waals surface area contributed by atoms with E-state index in [1.54, 1.807) is 0 Å². The molecule has 1 saturated heterocycles. The maximum atomic E-state index is 13.9. The van der Waals surface area contributed by atoms with Crippen molar-refractivity contribution >= 4 is 17.5 Å². The average Bonchev–Trinajstić information content (AvgIpc) is 3.04. The molecule has 0 bridgehead atoms. The van der Waals surface area contributed by atoms with Crippen LogP contribution in [-0.4, -0.2) is 36.0 Å². The number of likely N-dealkylation sites (tertiary alicyclic amines) is 1. The SMILES string of the molecule is CCNC(=O)[C@@H]1C[C@H](NCc2c(F)cccc2F)CN1Cc1cccc(Cl)c1. The van der Waals surface area contributed by atoms with Gasteiger partial charge in [-0.05, 0) is 43.2 Å². The predicted octanol–water partition coefficient (Wildman–Crippen LogP) is 3.49. The highest BCUT2D eigenvalue weighted by molar-refractivity contribution is 6.30. The highest BCUT2D eigenvalue weighted by Crippen LogP contribution is 2.23. The fourth-order valence-corrected chi connectivity index (χ4v) is 3.82. The number of likely N-dealkylation sites (N-methyl/N-ethyl adjacent to an activating group) is 1. The number of nitrogens with zero attached hydrogens (tertiary/aromatic N) is 1. The van der Waals surface area contributed by atoms with E-state index >= 15 is 0 Å². The van der Waals surface area contributed by atoms with Crippen LogP contribution in [0.2, 0.25) is 5.02 Å². The molecular formula is C21H24ClF2N3O. The lowest BCUT2D eigenvalue weighted by Gasteiger charge is -2.23. The summed E-state index contributed by atoms with van der Waals surface area (Å²) in [6.07, 6.45) is 0.572. The number of rotatable bonds is 7. The summed E-state index contributed by atoms with van der Waals surface area (Å²) in [6.45, 7) is 3.69. The number of hydrogen-bond acceptors (Lipinski definition) is 3. The van der Waals surface area contributed by atoms with Gasteiger partial charge in [0.2, 0.25) is 5.91 Å². The van der Waals surface area contributed by atoms with Gasteiger partial charge in [0.25, 0.3) is 0 Å². The van der Waals surface area contributed by atoms with Crippen molar-refractivity contribution in [2.24, 2.45) is 0 Å². The number of hydrogen-bond donors (Lipinski definition) is 2. The minimum absolute atomic E-state index is 0.0188. The molecule has 28 heavy (non-hydrogen) atoms. The molecule has 1 amide bonds. The zero-order valence-corrected chi connectivity index (χ0v) is 16.5. The second-order valence-corrected chi connectivity index (χ2v) is 7.42. The van der Waals surface area contributed by atoms with Gasteiger partial charge in [0.1, 0.15) is 11.6 Å². The summed E-state index contributed by atoms with van der Waals surface area (Å²) in [5.74, 6) is -1.17. The number of nitrogens with one attached hydrogen (secondary N) is 2. The van der Waals surface area contributed by atoms with Crippen molar-refractivity contribution in [1.29, 1.82) is 0 Å². The van der Waals surface area contributed by atoms with Gasteiger partial charge in [-0.1, -0.05) is 29.8 Å². The van der Waals surface area contributed by atoms with Crippen molar-refractivity contribution in [2.45, 2.75) is 38.5 Å². The van der Waals surface area contributed by atoms with Crippen molar-refractivity contribution in [3.63, 3.8) is 0 Å². The van der Waals surface area contributed by atoms with E-state index in [2.05, 4.69) is 15.5 Å². The van der Waals surface area contributed by atoms with Crippen LogP contribution < -0.4 is 10.6 Å². The first-order valence-corrected chi connectivity index (χ1v) is 9.78. The average molecular weight is 408 g/mol. The summed E-state index contributed by atoms with van der Waals surface area (Å²) >= 11 is 6.07. The molecule has 1 aliphatic heterocycles. The maximum absolute atomic E-state index is 13.9. The Bertz CT molecular complexity index is 813. The lowest BCUT2D eigenvalue weighted by atomic mass is 10.1. The van der Waals surface area contributed by atoms with Crippen LogP contribution in [0.5, 0.6) is 0 Å². The van der Waals surface area contributed by atoms with Gasteiger partial charge in [0.15, 0.2) is 0 Å². The van der Waals surface area contributed by atoms with E-state index in [1.165, 1.54) is 18.2 Å². The third-order valence-corrected chi connectivity index (χ3v) is 5.20. The van der Waals surface area contributed by atoms with Crippen molar-refractivity contribution in [3.05, 3.63) is 70.2 Å². The molecule has 1 aliphatic rings. The zero-order valence-electron chi connectivity index (χ0n) is 15.7. The molecule has 0 spiro atoms. The molecule has 7 heteroatoms. The van der Waals surface area contributed by atoms with E-state index in [-0.39, 0.29) is 30.1 Å². The molecule has 0 radical (unpaired) electrons. The van der Waals surface area contributed by atoms with Crippen LogP contribution >= 0.6 is 11.6 Å². The van der Waals surface area contributed by atoms with Gasteiger partial charge < -0.3 is 10.6 Å². The molecule has 0 aromatic heterocycles. The number of carbonyl (C=O) groups is 1. The number of carbonyl (C=O) groups excluding carboxylic acids is 1. The van der Waals surface area contributed by atoms with Crippen LogP contribution in [0.25, 0.3) is 0 Å². The summed E-state index contributed by atoms with van der Waals surface area (Å²) in [5.41, 5.74) is 1.04. The van der Waals surface area contributed by atoms with Crippen LogP contribution in [0.1, 0.15) is 24.5 Å². The molecule has 2 aromatic rings.